The molecule has 8 nitrogen and oxygen atoms in total. The summed E-state index contributed by atoms with van der Waals surface area (Å²) in [6.07, 6.45) is 7.50. The van der Waals surface area contributed by atoms with Gasteiger partial charge in [0.05, 0.1) is 18.0 Å². The summed E-state index contributed by atoms with van der Waals surface area (Å²) in [4.78, 5) is 21.8. The summed E-state index contributed by atoms with van der Waals surface area (Å²) in [5.41, 5.74) is -0.0504. The summed E-state index contributed by atoms with van der Waals surface area (Å²) in [5.74, 6) is -0.322. The molecule has 0 aromatic carbocycles. The number of nitrogens with zero attached hydrogens (tertiary/aromatic N) is 5. The van der Waals surface area contributed by atoms with Crippen molar-refractivity contribution in [2.45, 2.75) is 25.9 Å². The van der Waals surface area contributed by atoms with Crippen LogP contribution in [0, 0.1) is 12.7 Å². The van der Waals surface area contributed by atoms with Crippen LogP contribution in [0.25, 0.3) is 0 Å². The van der Waals surface area contributed by atoms with Crippen LogP contribution in [0.3, 0.4) is 0 Å². The Balaban J connectivity index is 1.71. The highest BCUT2D eigenvalue weighted by atomic mass is 32.2. The second-order valence-corrected chi connectivity index (χ2v) is 8.53. The Morgan fingerprint density at radius 1 is 1.41 bits per heavy atom. The second kappa shape index (κ2) is 7.73. The van der Waals surface area contributed by atoms with Crippen LogP contribution in [-0.2, 0) is 16.6 Å². The molecule has 1 aliphatic heterocycles. The van der Waals surface area contributed by atoms with Gasteiger partial charge in [-0.25, -0.2) is 17.8 Å². The minimum absolute atomic E-state index is 0.0504. The number of hydrogen-bond acceptors (Lipinski definition) is 5. The number of hydrogen-bond donors (Lipinski definition) is 0. The number of halogens is 1. The van der Waals surface area contributed by atoms with Crippen LogP contribution in [0.2, 0.25) is 0 Å². The molecule has 1 unspecified atom stereocenters. The third kappa shape index (κ3) is 4.33. The highest BCUT2D eigenvalue weighted by Crippen LogP contribution is 2.21. The maximum atomic E-state index is 13.8. The van der Waals surface area contributed by atoms with E-state index in [4.69, 9.17) is 0 Å². The monoisotopic (exact) mass is 395 g/mol. The molecule has 0 N–H and O–H groups in total. The van der Waals surface area contributed by atoms with E-state index >= 15 is 0 Å². The summed E-state index contributed by atoms with van der Waals surface area (Å²) in [5, 5.41) is 0. The molecule has 146 valence electrons. The van der Waals surface area contributed by atoms with Crippen molar-refractivity contribution in [3.05, 3.63) is 48.1 Å². The van der Waals surface area contributed by atoms with E-state index in [-0.39, 0.29) is 24.7 Å². The van der Waals surface area contributed by atoms with Crippen molar-refractivity contribution in [1.29, 1.82) is 0 Å². The minimum Gasteiger partial charge on any atom is -0.337 e. The van der Waals surface area contributed by atoms with E-state index in [1.54, 1.807) is 12.4 Å². The first-order valence-corrected chi connectivity index (χ1v) is 10.5. The van der Waals surface area contributed by atoms with Crippen LogP contribution in [0.4, 0.5) is 4.39 Å². The van der Waals surface area contributed by atoms with Crippen LogP contribution < -0.4 is 0 Å². The van der Waals surface area contributed by atoms with Gasteiger partial charge in [0.15, 0.2) is 5.82 Å². The average Bonchev–Trinajstić information content (AvgIpc) is 3.23. The molecule has 0 spiro atoms. The maximum Gasteiger partial charge on any atom is 0.256 e. The van der Waals surface area contributed by atoms with Gasteiger partial charge in [-0.2, -0.15) is 4.31 Å². The van der Waals surface area contributed by atoms with Gasteiger partial charge < -0.3 is 9.47 Å². The number of pyridine rings is 1. The number of amides is 1. The lowest BCUT2D eigenvalue weighted by atomic mass is 10.2. The molecular formula is C17H22FN5O3S. The van der Waals surface area contributed by atoms with Gasteiger partial charge in [0, 0.05) is 50.8 Å². The minimum atomic E-state index is -3.46. The lowest BCUT2D eigenvalue weighted by Crippen LogP contribution is -2.43. The van der Waals surface area contributed by atoms with E-state index in [0.29, 0.717) is 19.5 Å². The van der Waals surface area contributed by atoms with Crippen molar-refractivity contribution >= 4 is 15.9 Å². The number of carbonyl (C=O) groups excluding carboxylic acids is 1. The predicted molar refractivity (Wildman–Crippen MR) is 97.0 cm³/mol. The summed E-state index contributed by atoms with van der Waals surface area (Å²) in [6, 6.07) is 0.999. The molecular weight excluding hydrogens is 373 g/mol. The molecule has 3 rings (SSSR count). The smallest absolute Gasteiger partial charge is 0.256 e. The Morgan fingerprint density at radius 2 is 2.19 bits per heavy atom. The molecule has 1 saturated heterocycles. The predicted octanol–water partition coefficient (Wildman–Crippen LogP) is 0.902. The molecule has 27 heavy (non-hydrogen) atoms. The summed E-state index contributed by atoms with van der Waals surface area (Å²) in [7, 11) is -3.46. The quantitative estimate of drug-likeness (QED) is 0.725. The topological polar surface area (TPSA) is 88.4 Å². The first-order chi connectivity index (χ1) is 12.8. The lowest BCUT2D eigenvalue weighted by Gasteiger charge is -2.27. The first kappa shape index (κ1) is 19.4. The summed E-state index contributed by atoms with van der Waals surface area (Å²) < 4.78 is 41.7. The Bertz CT molecular complexity index is 930. The van der Waals surface area contributed by atoms with E-state index in [1.165, 1.54) is 27.7 Å². The van der Waals surface area contributed by atoms with Gasteiger partial charge in [-0.1, -0.05) is 0 Å². The third-order valence-corrected chi connectivity index (χ3v) is 6.10. The third-order valence-electron chi connectivity index (χ3n) is 4.77. The molecule has 1 aliphatic rings. The summed E-state index contributed by atoms with van der Waals surface area (Å²) >= 11 is 0. The lowest BCUT2D eigenvalue weighted by molar-refractivity contribution is 0.0779. The molecule has 0 saturated carbocycles. The normalized spacial score (nSPS) is 17.6. The van der Waals surface area contributed by atoms with Crippen molar-refractivity contribution in [1.82, 2.24) is 23.7 Å². The number of likely N-dealkylation sites (tertiary alicyclic amines) is 1. The van der Waals surface area contributed by atoms with Gasteiger partial charge in [-0.15, -0.1) is 0 Å². The molecule has 1 atom stereocenters. The number of sulfonamides is 1. The van der Waals surface area contributed by atoms with Crippen LogP contribution >= 0.6 is 0 Å². The van der Waals surface area contributed by atoms with Crippen molar-refractivity contribution in [2.75, 3.05) is 25.9 Å². The molecule has 0 bridgehead atoms. The van der Waals surface area contributed by atoms with Gasteiger partial charge in [0.2, 0.25) is 10.0 Å². The van der Waals surface area contributed by atoms with Gasteiger partial charge in [0.25, 0.3) is 5.91 Å². The van der Waals surface area contributed by atoms with E-state index in [2.05, 4.69) is 9.97 Å². The molecule has 0 aliphatic carbocycles. The Labute approximate surface area is 157 Å². The first-order valence-electron chi connectivity index (χ1n) is 8.60. The fourth-order valence-electron chi connectivity index (χ4n) is 3.35. The van der Waals surface area contributed by atoms with Gasteiger partial charge in [-0.3, -0.25) is 9.78 Å². The van der Waals surface area contributed by atoms with Crippen molar-refractivity contribution < 1.29 is 17.6 Å². The number of imidazole rings is 1. The van der Waals surface area contributed by atoms with E-state index in [0.717, 1.165) is 12.0 Å². The zero-order valence-corrected chi connectivity index (χ0v) is 16.1. The van der Waals surface area contributed by atoms with Crippen LogP contribution in [0.1, 0.15) is 22.6 Å². The highest BCUT2D eigenvalue weighted by Gasteiger charge is 2.35. The van der Waals surface area contributed by atoms with Crippen LogP contribution in [0.15, 0.2) is 30.9 Å². The maximum absolute atomic E-state index is 13.8. The highest BCUT2D eigenvalue weighted by molar-refractivity contribution is 7.88. The molecule has 10 heteroatoms. The van der Waals surface area contributed by atoms with Gasteiger partial charge in [-0.05, 0) is 19.4 Å². The van der Waals surface area contributed by atoms with Crippen molar-refractivity contribution in [2.24, 2.45) is 0 Å². The Hall–Kier alpha value is -2.33. The molecule has 3 heterocycles. The van der Waals surface area contributed by atoms with Crippen LogP contribution in [-0.4, -0.2) is 70.0 Å². The SMILES string of the molecule is Cc1nccn1CCN(C1CCN(C(=O)c2ccncc2F)C1)S(C)(=O)=O. The summed E-state index contributed by atoms with van der Waals surface area (Å²) in [6.45, 7) is 3.22. The van der Waals surface area contributed by atoms with E-state index in [9.17, 15) is 17.6 Å². The van der Waals surface area contributed by atoms with Gasteiger partial charge in [0.1, 0.15) is 5.82 Å². The molecule has 1 amide bonds. The molecule has 2 aromatic rings. The van der Waals surface area contributed by atoms with Crippen molar-refractivity contribution in [3.8, 4) is 0 Å². The fraction of sp³-hybridized carbons (Fsp3) is 0.471. The zero-order valence-electron chi connectivity index (χ0n) is 15.2. The number of carbonyl (C=O) groups is 1. The molecule has 0 radical (unpaired) electrons. The standard InChI is InChI=1S/C17H22FN5O3S/c1-13-20-6-8-21(13)9-10-23(27(2,25)26)14-4-7-22(12-14)17(24)15-3-5-19-11-16(15)18/h3,5-6,8,11,14H,4,7,9-10,12H2,1-2H3. The Morgan fingerprint density at radius 3 is 2.81 bits per heavy atom. The largest absolute Gasteiger partial charge is 0.337 e. The van der Waals surface area contributed by atoms with Crippen LogP contribution in [0.5, 0.6) is 0 Å². The van der Waals surface area contributed by atoms with E-state index in [1.807, 2.05) is 11.5 Å². The number of rotatable bonds is 6. The molecule has 1 fully saturated rings. The number of aromatic nitrogens is 3. The molecule has 2 aromatic heterocycles. The zero-order chi connectivity index (χ0) is 19.6. The van der Waals surface area contributed by atoms with Crippen molar-refractivity contribution in [3.63, 3.8) is 0 Å². The second-order valence-electron chi connectivity index (χ2n) is 6.59. The fourth-order valence-corrected chi connectivity index (χ4v) is 4.47. The average molecular weight is 395 g/mol. The van der Waals surface area contributed by atoms with E-state index < -0.39 is 21.7 Å². The number of aryl methyl sites for hydroxylation is 1. The Kier molecular flexibility index (Phi) is 5.56. The van der Waals surface area contributed by atoms with Gasteiger partial charge >= 0.3 is 0 Å².